The Bertz CT molecular complexity index is 938. The fourth-order valence-electron chi connectivity index (χ4n) is 2.88. The number of nitrogens with zero attached hydrogens (tertiary/aromatic N) is 1. The van der Waals surface area contributed by atoms with Gasteiger partial charge >= 0.3 is 0 Å². The quantitative estimate of drug-likeness (QED) is 0.600. The molecule has 0 spiro atoms. The second-order valence-corrected chi connectivity index (χ2v) is 6.61. The molecule has 0 saturated carbocycles. The highest BCUT2D eigenvalue weighted by Crippen LogP contribution is 2.30. The molecule has 28 heavy (non-hydrogen) atoms. The molecule has 0 saturated heterocycles. The molecular formula is C23H26N2O3. The van der Waals surface area contributed by atoms with Crippen molar-refractivity contribution in [2.24, 2.45) is 0 Å². The topological polar surface area (TPSA) is 60.5 Å². The van der Waals surface area contributed by atoms with E-state index in [9.17, 15) is 4.79 Å². The van der Waals surface area contributed by atoms with Crippen molar-refractivity contribution in [2.75, 3.05) is 11.9 Å². The van der Waals surface area contributed by atoms with E-state index >= 15 is 0 Å². The predicted molar refractivity (Wildman–Crippen MR) is 112 cm³/mol. The summed E-state index contributed by atoms with van der Waals surface area (Å²) < 4.78 is 11.6. The molecule has 0 unspecified atom stereocenters. The van der Waals surface area contributed by atoms with Gasteiger partial charge in [0.2, 0.25) is 0 Å². The maximum atomic E-state index is 12.7. The molecule has 1 aromatic heterocycles. The van der Waals surface area contributed by atoms with Crippen LogP contribution in [0.1, 0.15) is 32.8 Å². The summed E-state index contributed by atoms with van der Waals surface area (Å²) in [4.78, 5) is 17.1. The van der Waals surface area contributed by atoms with Gasteiger partial charge in [-0.25, -0.2) is 0 Å². The monoisotopic (exact) mass is 378 g/mol. The Morgan fingerprint density at radius 1 is 1.11 bits per heavy atom. The SMILES string of the molecule is CCCOc1ccc(NC(=O)[C@@H](C)Oc2ccc(CC)cc2)c2cccnc12. The van der Waals surface area contributed by atoms with Gasteiger partial charge in [-0.15, -0.1) is 0 Å². The van der Waals surface area contributed by atoms with Crippen molar-refractivity contribution < 1.29 is 14.3 Å². The molecule has 2 aromatic carbocycles. The van der Waals surface area contributed by atoms with Crippen molar-refractivity contribution in [3.05, 3.63) is 60.3 Å². The third-order valence-corrected chi connectivity index (χ3v) is 4.47. The highest BCUT2D eigenvalue weighted by Gasteiger charge is 2.17. The minimum Gasteiger partial charge on any atom is -0.491 e. The van der Waals surface area contributed by atoms with Gasteiger partial charge in [0.1, 0.15) is 17.0 Å². The summed E-state index contributed by atoms with van der Waals surface area (Å²) in [6.07, 6.45) is 2.98. The largest absolute Gasteiger partial charge is 0.491 e. The minimum absolute atomic E-state index is 0.216. The Hall–Kier alpha value is -3.08. The maximum Gasteiger partial charge on any atom is 0.265 e. The minimum atomic E-state index is -0.629. The third kappa shape index (κ3) is 4.60. The number of anilines is 1. The van der Waals surface area contributed by atoms with Crippen LogP contribution in [-0.2, 0) is 11.2 Å². The van der Waals surface area contributed by atoms with E-state index in [1.165, 1.54) is 5.56 Å². The number of nitrogens with one attached hydrogen (secondary N) is 1. The number of benzene rings is 2. The highest BCUT2D eigenvalue weighted by molar-refractivity contribution is 6.04. The van der Waals surface area contributed by atoms with Gasteiger partial charge < -0.3 is 14.8 Å². The van der Waals surface area contributed by atoms with Gasteiger partial charge in [0.25, 0.3) is 5.91 Å². The first kappa shape index (κ1) is 19.7. The fraction of sp³-hybridized carbons (Fsp3) is 0.304. The van der Waals surface area contributed by atoms with Gasteiger partial charge in [-0.1, -0.05) is 26.0 Å². The summed E-state index contributed by atoms with van der Waals surface area (Å²) in [6.45, 7) is 6.52. The molecule has 3 rings (SSSR count). The van der Waals surface area contributed by atoms with Crippen LogP contribution < -0.4 is 14.8 Å². The van der Waals surface area contributed by atoms with Gasteiger partial charge in [-0.2, -0.15) is 0 Å². The van der Waals surface area contributed by atoms with Crippen LogP contribution in [0.15, 0.2) is 54.7 Å². The van der Waals surface area contributed by atoms with Gasteiger partial charge in [-0.05, 0) is 61.7 Å². The smallest absolute Gasteiger partial charge is 0.265 e. The Balaban J connectivity index is 1.74. The summed E-state index contributed by atoms with van der Waals surface area (Å²) in [6, 6.07) is 15.2. The Kier molecular flexibility index (Phi) is 6.48. The van der Waals surface area contributed by atoms with Gasteiger partial charge in [0.05, 0.1) is 12.3 Å². The molecule has 0 aliphatic carbocycles. The second-order valence-electron chi connectivity index (χ2n) is 6.61. The molecule has 3 aromatic rings. The molecule has 1 N–H and O–H groups in total. The molecule has 5 nitrogen and oxygen atoms in total. The van der Waals surface area contributed by atoms with E-state index in [1.54, 1.807) is 13.1 Å². The van der Waals surface area contributed by atoms with Crippen LogP contribution in [0.5, 0.6) is 11.5 Å². The summed E-state index contributed by atoms with van der Waals surface area (Å²) in [7, 11) is 0. The zero-order valence-electron chi connectivity index (χ0n) is 16.6. The average Bonchev–Trinajstić information content (AvgIpc) is 2.73. The van der Waals surface area contributed by atoms with E-state index < -0.39 is 6.10 Å². The molecular weight excluding hydrogens is 352 g/mol. The molecule has 5 heteroatoms. The summed E-state index contributed by atoms with van der Waals surface area (Å²) in [5.74, 6) is 1.18. The van der Waals surface area contributed by atoms with E-state index in [2.05, 4.69) is 24.1 Å². The predicted octanol–water partition coefficient (Wildman–Crippen LogP) is 4.99. The number of carbonyl (C=O) groups is 1. The van der Waals surface area contributed by atoms with Crippen LogP contribution >= 0.6 is 0 Å². The second kappa shape index (κ2) is 9.22. The molecule has 0 fully saturated rings. The van der Waals surface area contributed by atoms with E-state index in [1.807, 2.05) is 48.5 Å². The van der Waals surface area contributed by atoms with Crippen molar-refractivity contribution in [1.29, 1.82) is 0 Å². The lowest BCUT2D eigenvalue weighted by Crippen LogP contribution is -2.30. The molecule has 146 valence electrons. The summed E-state index contributed by atoms with van der Waals surface area (Å²) >= 11 is 0. The first-order valence-electron chi connectivity index (χ1n) is 9.69. The van der Waals surface area contributed by atoms with Crippen LogP contribution in [0.25, 0.3) is 10.9 Å². The van der Waals surface area contributed by atoms with Crippen LogP contribution in [-0.4, -0.2) is 23.6 Å². The molecule has 1 heterocycles. The number of aromatic nitrogens is 1. The van der Waals surface area contributed by atoms with Crippen molar-refractivity contribution in [3.63, 3.8) is 0 Å². The van der Waals surface area contributed by atoms with Gasteiger partial charge in [0.15, 0.2) is 6.10 Å². The number of ether oxygens (including phenoxy) is 2. The molecule has 1 amide bonds. The lowest BCUT2D eigenvalue weighted by atomic mass is 10.1. The Labute approximate surface area is 165 Å². The number of carbonyl (C=O) groups excluding carboxylic acids is 1. The zero-order chi connectivity index (χ0) is 19.9. The zero-order valence-corrected chi connectivity index (χ0v) is 16.6. The lowest BCUT2D eigenvalue weighted by Gasteiger charge is -2.16. The number of fused-ring (bicyclic) bond motifs is 1. The standard InChI is InChI=1S/C23H26N2O3/c1-4-15-27-21-13-12-20(19-7-6-14-24-22(19)21)25-23(26)16(3)28-18-10-8-17(5-2)9-11-18/h6-14,16H,4-5,15H2,1-3H3,(H,25,26)/t16-/m1/s1. The summed E-state index contributed by atoms with van der Waals surface area (Å²) in [5.41, 5.74) is 2.65. The third-order valence-electron chi connectivity index (χ3n) is 4.47. The van der Waals surface area contributed by atoms with Gasteiger partial charge in [-0.3, -0.25) is 9.78 Å². The van der Waals surface area contributed by atoms with Crippen molar-refractivity contribution in [1.82, 2.24) is 4.98 Å². The number of pyridine rings is 1. The molecule has 0 radical (unpaired) electrons. The number of hydrogen-bond acceptors (Lipinski definition) is 4. The normalized spacial score (nSPS) is 11.8. The van der Waals surface area contributed by atoms with Crippen LogP contribution in [0.2, 0.25) is 0 Å². The fourth-order valence-corrected chi connectivity index (χ4v) is 2.88. The van der Waals surface area contributed by atoms with E-state index in [0.717, 1.165) is 29.5 Å². The molecule has 0 aliphatic rings. The maximum absolute atomic E-state index is 12.7. The number of amides is 1. The molecule has 0 aliphatic heterocycles. The van der Waals surface area contributed by atoms with Crippen molar-refractivity contribution in [3.8, 4) is 11.5 Å². The van der Waals surface area contributed by atoms with Crippen LogP contribution in [0, 0.1) is 0 Å². The van der Waals surface area contributed by atoms with Crippen LogP contribution in [0.3, 0.4) is 0 Å². The Morgan fingerprint density at radius 2 is 1.89 bits per heavy atom. The number of hydrogen-bond donors (Lipinski definition) is 1. The highest BCUT2D eigenvalue weighted by atomic mass is 16.5. The Morgan fingerprint density at radius 3 is 2.61 bits per heavy atom. The van der Waals surface area contributed by atoms with E-state index in [4.69, 9.17) is 9.47 Å². The van der Waals surface area contributed by atoms with E-state index in [0.29, 0.717) is 18.0 Å². The van der Waals surface area contributed by atoms with Crippen molar-refractivity contribution >= 4 is 22.5 Å². The molecule has 0 bridgehead atoms. The summed E-state index contributed by atoms with van der Waals surface area (Å²) in [5, 5.41) is 3.79. The van der Waals surface area contributed by atoms with Crippen molar-refractivity contribution in [2.45, 2.75) is 39.7 Å². The number of rotatable bonds is 8. The van der Waals surface area contributed by atoms with E-state index in [-0.39, 0.29) is 5.91 Å². The van der Waals surface area contributed by atoms with Crippen LogP contribution in [0.4, 0.5) is 5.69 Å². The average molecular weight is 378 g/mol. The molecule has 1 atom stereocenters. The number of aryl methyl sites for hydroxylation is 1. The van der Waals surface area contributed by atoms with Gasteiger partial charge in [0, 0.05) is 11.6 Å². The first-order valence-corrected chi connectivity index (χ1v) is 9.69. The first-order chi connectivity index (χ1) is 13.6. The lowest BCUT2D eigenvalue weighted by molar-refractivity contribution is -0.122.